The summed E-state index contributed by atoms with van der Waals surface area (Å²) in [6.45, 7) is 6.08. The number of hydrogen-bond donors (Lipinski definition) is 4. The molecule has 1 unspecified atom stereocenters. The second-order valence-electron chi connectivity index (χ2n) is 7.38. The van der Waals surface area contributed by atoms with Crippen LogP contribution in [0.15, 0.2) is 36.9 Å². The number of hydrogen-bond acceptors (Lipinski definition) is 9. The van der Waals surface area contributed by atoms with Crippen LogP contribution in [0.25, 0.3) is 11.4 Å². The van der Waals surface area contributed by atoms with E-state index in [0.29, 0.717) is 17.5 Å². The van der Waals surface area contributed by atoms with Crippen molar-refractivity contribution in [3.8, 4) is 11.4 Å². The molecule has 10 heteroatoms. The van der Waals surface area contributed by atoms with Crippen LogP contribution in [-0.4, -0.2) is 56.7 Å². The van der Waals surface area contributed by atoms with Crippen molar-refractivity contribution in [3.63, 3.8) is 0 Å². The zero-order valence-electron chi connectivity index (χ0n) is 16.3. The number of ether oxygens (including phenoxy) is 1. The van der Waals surface area contributed by atoms with Gasteiger partial charge in [0, 0.05) is 37.6 Å². The molecule has 3 aromatic heterocycles. The second-order valence-corrected chi connectivity index (χ2v) is 7.38. The lowest BCUT2D eigenvalue weighted by Crippen LogP contribution is -2.54. The van der Waals surface area contributed by atoms with Crippen molar-refractivity contribution in [1.29, 1.82) is 0 Å². The van der Waals surface area contributed by atoms with Gasteiger partial charge in [-0.25, -0.2) is 15.0 Å². The molecule has 5 rings (SSSR count). The Morgan fingerprint density at radius 3 is 2.83 bits per heavy atom. The van der Waals surface area contributed by atoms with Crippen LogP contribution >= 0.6 is 0 Å². The topological polar surface area (TPSA) is 116 Å². The number of H-pyrrole nitrogens is 1. The molecule has 3 aromatic rings. The standard InChI is InChI=1S/C19H23N9O/c1-11(2)28-15-5-17(22-10-14(15)25-19(28)29-13-8-20-9-13)26-16-3-4-21-18(27-16)12-6-23-24-7-12/h3-7,10-11,13,19-20,25H,8-9H2,1-2H3,(H,23,24)(H,21,22,26,27). The van der Waals surface area contributed by atoms with Crippen molar-refractivity contribution in [3.05, 3.63) is 36.9 Å². The summed E-state index contributed by atoms with van der Waals surface area (Å²) in [5, 5.41) is 16.7. The molecular weight excluding hydrogens is 370 g/mol. The van der Waals surface area contributed by atoms with E-state index in [1.54, 1.807) is 18.6 Å². The highest BCUT2D eigenvalue weighted by Gasteiger charge is 2.35. The number of anilines is 4. The van der Waals surface area contributed by atoms with E-state index < -0.39 is 0 Å². The normalized spacial score (nSPS) is 18.4. The Bertz CT molecular complexity index is 987. The lowest BCUT2D eigenvalue weighted by Gasteiger charge is -2.36. The molecule has 1 fully saturated rings. The van der Waals surface area contributed by atoms with Crippen LogP contribution in [0.4, 0.5) is 23.0 Å². The molecule has 0 saturated carbocycles. The molecular formula is C19H23N9O. The lowest BCUT2D eigenvalue weighted by molar-refractivity contribution is -0.0248. The molecule has 29 heavy (non-hydrogen) atoms. The third-order valence-corrected chi connectivity index (χ3v) is 4.98. The van der Waals surface area contributed by atoms with E-state index in [9.17, 15) is 0 Å². The van der Waals surface area contributed by atoms with Crippen LogP contribution in [0, 0.1) is 0 Å². The maximum absolute atomic E-state index is 6.19. The van der Waals surface area contributed by atoms with Gasteiger partial charge in [0.2, 0.25) is 6.35 Å². The van der Waals surface area contributed by atoms with Gasteiger partial charge < -0.3 is 25.6 Å². The molecule has 2 aliphatic rings. The van der Waals surface area contributed by atoms with Gasteiger partial charge in [-0.3, -0.25) is 5.10 Å². The highest BCUT2D eigenvalue weighted by molar-refractivity contribution is 5.78. The zero-order valence-corrected chi connectivity index (χ0v) is 16.3. The number of rotatable bonds is 6. The molecule has 4 N–H and O–H groups in total. The number of aromatic nitrogens is 5. The van der Waals surface area contributed by atoms with E-state index >= 15 is 0 Å². The van der Waals surface area contributed by atoms with Gasteiger partial charge in [0.15, 0.2) is 5.82 Å². The van der Waals surface area contributed by atoms with Crippen LogP contribution < -0.4 is 20.9 Å². The quantitative estimate of drug-likeness (QED) is 0.498. The van der Waals surface area contributed by atoms with Crippen molar-refractivity contribution in [1.82, 2.24) is 30.5 Å². The Balaban J connectivity index is 1.38. The number of pyridine rings is 1. The van der Waals surface area contributed by atoms with Crippen LogP contribution in [0.5, 0.6) is 0 Å². The first-order valence-electron chi connectivity index (χ1n) is 9.68. The predicted octanol–water partition coefficient (Wildman–Crippen LogP) is 1.92. The average molecular weight is 393 g/mol. The smallest absolute Gasteiger partial charge is 0.208 e. The van der Waals surface area contributed by atoms with Crippen molar-refractivity contribution in [2.45, 2.75) is 32.3 Å². The number of nitrogens with zero attached hydrogens (tertiary/aromatic N) is 5. The van der Waals surface area contributed by atoms with Gasteiger partial charge in [-0.1, -0.05) is 0 Å². The summed E-state index contributed by atoms with van der Waals surface area (Å²) in [5.41, 5.74) is 2.85. The summed E-state index contributed by atoms with van der Waals surface area (Å²) in [6.07, 6.45) is 7.03. The molecule has 0 amide bonds. The summed E-state index contributed by atoms with van der Waals surface area (Å²) >= 11 is 0. The van der Waals surface area contributed by atoms with Crippen molar-refractivity contribution >= 4 is 23.0 Å². The molecule has 1 saturated heterocycles. The summed E-state index contributed by atoms with van der Waals surface area (Å²) < 4.78 is 6.19. The van der Waals surface area contributed by atoms with E-state index in [1.807, 2.05) is 18.3 Å². The number of nitrogens with one attached hydrogen (secondary N) is 4. The first-order chi connectivity index (χ1) is 14.2. The Kier molecular flexibility index (Phi) is 4.49. The fourth-order valence-electron chi connectivity index (χ4n) is 3.43. The molecule has 0 radical (unpaired) electrons. The van der Waals surface area contributed by atoms with Gasteiger partial charge in [-0.2, -0.15) is 5.10 Å². The molecule has 2 aliphatic heterocycles. The minimum atomic E-state index is -0.194. The highest BCUT2D eigenvalue weighted by Crippen LogP contribution is 2.38. The Morgan fingerprint density at radius 2 is 2.10 bits per heavy atom. The first-order valence-corrected chi connectivity index (χ1v) is 9.68. The van der Waals surface area contributed by atoms with Crippen molar-refractivity contribution in [2.24, 2.45) is 0 Å². The monoisotopic (exact) mass is 393 g/mol. The van der Waals surface area contributed by atoms with Crippen LogP contribution in [0.2, 0.25) is 0 Å². The molecule has 5 heterocycles. The second kappa shape index (κ2) is 7.30. The van der Waals surface area contributed by atoms with Crippen molar-refractivity contribution < 1.29 is 4.74 Å². The van der Waals surface area contributed by atoms with Crippen LogP contribution in [-0.2, 0) is 4.74 Å². The lowest BCUT2D eigenvalue weighted by atomic mass is 10.2. The van der Waals surface area contributed by atoms with Gasteiger partial charge in [0.1, 0.15) is 11.6 Å². The summed E-state index contributed by atoms with van der Waals surface area (Å²) in [6, 6.07) is 4.10. The maximum Gasteiger partial charge on any atom is 0.208 e. The maximum atomic E-state index is 6.19. The van der Waals surface area contributed by atoms with E-state index in [0.717, 1.165) is 30.0 Å². The summed E-state index contributed by atoms with van der Waals surface area (Å²) in [5.74, 6) is 1.97. The highest BCUT2D eigenvalue weighted by atomic mass is 16.5. The van der Waals surface area contributed by atoms with E-state index in [1.165, 1.54) is 0 Å². The number of aromatic amines is 1. The van der Waals surface area contributed by atoms with Gasteiger partial charge >= 0.3 is 0 Å². The van der Waals surface area contributed by atoms with Crippen LogP contribution in [0.3, 0.4) is 0 Å². The molecule has 0 aliphatic carbocycles. The van der Waals surface area contributed by atoms with Gasteiger partial charge in [-0.05, 0) is 19.9 Å². The van der Waals surface area contributed by atoms with Gasteiger partial charge in [-0.15, -0.1) is 0 Å². The fraction of sp³-hybridized carbons (Fsp3) is 0.368. The predicted molar refractivity (Wildman–Crippen MR) is 110 cm³/mol. The largest absolute Gasteiger partial charge is 0.340 e. The van der Waals surface area contributed by atoms with Crippen molar-refractivity contribution in [2.75, 3.05) is 28.6 Å². The van der Waals surface area contributed by atoms with E-state index in [-0.39, 0.29) is 18.5 Å². The zero-order chi connectivity index (χ0) is 19.8. The summed E-state index contributed by atoms with van der Waals surface area (Å²) in [7, 11) is 0. The average Bonchev–Trinajstić information content (AvgIpc) is 3.32. The van der Waals surface area contributed by atoms with Gasteiger partial charge in [0.05, 0.1) is 35.4 Å². The molecule has 150 valence electrons. The third kappa shape index (κ3) is 3.47. The Morgan fingerprint density at radius 1 is 1.21 bits per heavy atom. The molecule has 10 nitrogen and oxygen atoms in total. The number of fused-ring (bicyclic) bond motifs is 1. The van der Waals surface area contributed by atoms with Crippen LogP contribution in [0.1, 0.15) is 13.8 Å². The molecule has 1 atom stereocenters. The Labute approximate surface area is 168 Å². The molecule has 0 aromatic carbocycles. The SMILES string of the molecule is CC(C)N1c2cc(Nc3ccnc(-c4cn[nH]c4)n3)ncc2NC1OC1CNC1. The molecule has 0 bridgehead atoms. The summed E-state index contributed by atoms with van der Waals surface area (Å²) in [4.78, 5) is 15.6. The first kappa shape index (κ1) is 17.8. The Hall–Kier alpha value is -3.24. The molecule has 0 spiro atoms. The third-order valence-electron chi connectivity index (χ3n) is 4.98. The van der Waals surface area contributed by atoms with E-state index in [4.69, 9.17) is 4.74 Å². The minimum absolute atomic E-state index is 0.194. The fourth-order valence-corrected chi connectivity index (χ4v) is 3.43. The van der Waals surface area contributed by atoms with E-state index in [2.05, 4.69) is 59.8 Å². The van der Waals surface area contributed by atoms with Gasteiger partial charge in [0.25, 0.3) is 0 Å². The minimum Gasteiger partial charge on any atom is -0.340 e.